The highest BCUT2D eigenvalue weighted by atomic mass is 35.5. The van der Waals surface area contributed by atoms with Gasteiger partial charge in [0.2, 0.25) is 0 Å². The highest BCUT2D eigenvalue weighted by molar-refractivity contribution is 6.19. The number of halogens is 1. The Kier molecular flexibility index (Phi) is 7.33. The van der Waals surface area contributed by atoms with Crippen molar-refractivity contribution in [2.75, 3.05) is 25.6 Å². The fourth-order valence-corrected chi connectivity index (χ4v) is 1.21. The molecule has 0 saturated carbocycles. The lowest BCUT2D eigenvalue weighted by atomic mass is 10.2. The van der Waals surface area contributed by atoms with Crippen molar-refractivity contribution in [3.05, 3.63) is 12.2 Å². The molecule has 0 amide bonds. The van der Waals surface area contributed by atoms with E-state index < -0.39 is 0 Å². The van der Waals surface area contributed by atoms with Gasteiger partial charge in [0.1, 0.15) is 0 Å². The zero-order valence-corrected chi connectivity index (χ0v) is 9.35. The molecule has 0 bridgehead atoms. The third-order valence-corrected chi connectivity index (χ3v) is 2.33. The standard InChI is InChI=1S/C10H20ClNO/c1-9(2)12(5-4-6-13)8-10(3)7-11/h9,13H,3-8H2,1-2H3. The van der Waals surface area contributed by atoms with Gasteiger partial charge >= 0.3 is 0 Å². The summed E-state index contributed by atoms with van der Waals surface area (Å²) in [5.41, 5.74) is 1.04. The van der Waals surface area contributed by atoms with Crippen LogP contribution in [0.15, 0.2) is 12.2 Å². The molecule has 0 aliphatic heterocycles. The van der Waals surface area contributed by atoms with Gasteiger partial charge in [0.25, 0.3) is 0 Å². The van der Waals surface area contributed by atoms with Crippen LogP contribution in [0, 0.1) is 0 Å². The Morgan fingerprint density at radius 3 is 2.54 bits per heavy atom. The first-order valence-corrected chi connectivity index (χ1v) is 5.22. The van der Waals surface area contributed by atoms with E-state index in [1.807, 2.05) is 0 Å². The van der Waals surface area contributed by atoms with Crippen molar-refractivity contribution < 1.29 is 5.11 Å². The van der Waals surface area contributed by atoms with E-state index in [2.05, 4.69) is 25.3 Å². The Morgan fingerprint density at radius 2 is 2.15 bits per heavy atom. The minimum absolute atomic E-state index is 0.247. The molecular formula is C10H20ClNO. The van der Waals surface area contributed by atoms with E-state index >= 15 is 0 Å². The zero-order chi connectivity index (χ0) is 10.3. The summed E-state index contributed by atoms with van der Waals surface area (Å²) in [5, 5.41) is 8.71. The maximum Gasteiger partial charge on any atom is 0.0443 e. The van der Waals surface area contributed by atoms with Crippen molar-refractivity contribution in [2.45, 2.75) is 26.3 Å². The molecule has 0 rings (SSSR count). The molecule has 0 aromatic heterocycles. The second-order valence-corrected chi connectivity index (χ2v) is 3.79. The summed E-state index contributed by atoms with van der Waals surface area (Å²) in [6, 6.07) is 0.478. The van der Waals surface area contributed by atoms with Gasteiger partial charge in [-0.25, -0.2) is 0 Å². The van der Waals surface area contributed by atoms with E-state index in [1.54, 1.807) is 0 Å². The van der Waals surface area contributed by atoms with E-state index in [0.29, 0.717) is 11.9 Å². The highest BCUT2D eigenvalue weighted by Crippen LogP contribution is 2.04. The molecule has 0 aliphatic rings. The van der Waals surface area contributed by atoms with Crippen molar-refractivity contribution in [2.24, 2.45) is 0 Å². The molecule has 2 nitrogen and oxygen atoms in total. The fraction of sp³-hybridized carbons (Fsp3) is 0.800. The summed E-state index contributed by atoms with van der Waals surface area (Å²) in [5.74, 6) is 0.516. The van der Waals surface area contributed by atoms with Crippen LogP contribution in [0.2, 0.25) is 0 Å². The lowest BCUT2D eigenvalue weighted by Crippen LogP contribution is -2.34. The molecule has 0 aromatic rings. The van der Waals surface area contributed by atoms with E-state index in [9.17, 15) is 0 Å². The molecule has 0 aliphatic carbocycles. The van der Waals surface area contributed by atoms with Gasteiger partial charge in [-0.15, -0.1) is 11.6 Å². The van der Waals surface area contributed by atoms with E-state index in [1.165, 1.54) is 0 Å². The van der Waals surface area contributed by atoms with Crippen molar-refractivity contribution >= 4 is 11.6 Å². The predicted octanol–water partition coefficient (Wildman–Crippen LogP) is 1.87. The van der Waals surface area contributed by atoms with Crippen LogP contribution in [-0.2, 0) is 0 Å². The van der Waals surface area contributed by atoms with Crippen LogP contribution in [0.4, 0.5) is 0 Å². The first kappa shape index (κ1) is 12.9. The van der Waals surface area contributed by atoms with Crippen LogP contribution >= 0.6 is 11.6 Å². The van der Waals surface area contributed by atoms with Gasteiger partial charge in [0, 0.05) is 31.6 Å². The maximum atomic E-state index is 8.71. The summed E-state index contributed by atoms with van der Waals surface area (Å²) >= 11 is 5.66. The summed E-state index contributed by atoms with van der Waals surface area (Å²) in [4.78, 5) is 2.26. The average Bonchev–Trinajstić information content (AvgIpc) is 2.11. The molecule has 0 spiro atoms. The molecule has 0 atom stereocenters. The number of aliphatic hydroxyl groups excluding tert-OH is 1. The van der Waals surface area contributed by atoms with Crippen LogP contribution in [-0.4, -0.2) is 41.6 Å². The van der Waals surface area contributed by atoms with Gasteiger partial charge in [-0.1, -0.05) is 6.58 Å². The Morgan fingerprint density at radius 1 is 1.54 bits per heavy atom. The van der Waals surface area contributed by atoms with Crippen LogP contribution in [0.25, 0.3) is 0 Å². The van der Waals surface area contributed by atoms with E-state index in [4.69, 9.17) is 16.7 Å². The molecule has 0 fully saturated rings. The second-order valence-electron chi connectivity index (χ2n) is 3.53. The van der Waals surface area contributed by atoms with Gasteiger partial charge in [-0.3, -0.25) is 4.90 Å². The SMILES string of the molecule is C=C(CCl)CN(CCCO)C(C)C. The minimum atomic E-state index is 0.247. The number of nitrogens with zero attached hydrogens (tertiary/aromatic N) is 1. The summed E-state index contributed by atoms with van der Waals surface area (Å²) in [6.07, 6.45) is 0.813. The van der Waals surface area contributed by atoms with Crippen LogP contribution in [0.3, 0.4) is 0 Å². The first-order chi connectivity index (χ1) is 6.11. The Labute approximate surface area is 86.2 Å². The normalized spacial score (nSPS) is 11.2. The minimum Gasteiger partial charge on any atom is -0.396 e. The fourth-order valence-electron chi connectivity index (χ4n) is 1.12. The van der Waals surface area contributed by atoms with Crippen molar-refractivity contribution in [1.82, 2.24) is 4.90 Å². The maximum absolute atomic E-state index is 8.71. The lowest BCUT2D eigenvalue weighted by Gasteiger charge is -2.26. The molecular weight excluding hydrogens is 186 g/mol. The smallest absolute Gasteiger partial charge is 0.0443 e. The summed E-state index contributed by atoms with van der Waals surface area (Å²) < 4.78 is 0. The molecule has 13 heavy (non-hydrogen) atoms. The monoisotopic (exact) mass is 205 g/mol. The van der Waals surface area contributed by atoms with Crippen molar-refractivity contribution in [3.63, 3.8) is 0 Å². The molecule has 1 N–H and O–H groups in total. The first-order valence-electron chi connectivity index (χ1n) is 4.69. The van der Waals surface area contributed by atoms with Crippen LogP contribution in [0.1, 0.15) is 20.3 Å². The third-order valence-electron chi connectivity index (χ3n) is 1.95. The van der Waals surface area contributed by atoms with Gasteiger partial charge in [-0.05, 0) is 25.8 Å². The Bertz CT molecular complexity index is 148. The number of rotatable bonds is 7. The van der Waals surface area contributed by atoms with E-state index in [0.717, 1.165) is 25.1 Å². The van der Waals surface area contributed by atoms with Crippen molar-refractivity contribution in [1.29, 1.82) is 0 Å². The van der Waals surface area contributed by atoms with Gasteiger partial charge < -0.3 is 5.11 Å². The van der Waals surface area contributed by atoms with Gasteiger partial charge in [-0.2, -0.15) is 0 Å². The molecule has 0 saturated heterocycles. The van der Waals surface area contributed by atoms with Crippen molar-refractivity contribution in [3.8, 4) is 0 Å². The Hall–Kier alpha value is -0.0500. The van der Waals surface area contributed by atoms with Gasteiger partial charge in [0.15, 0.2) is 0 Å². The lowest BCUT2D eigenvalue weighted by molar-refractivity contribution is 0.204. The topological polar surface area (TPSA) is 23.5 Å². The molecule has 0 aromatic carbocycles. The number of alkyl halides is 1. The summed E-state index contributed by atoms with van der Waals surface area (Å²) in [6.45, 7) is 10.1. The molecule has 0 radical (unpaired) electrons. The molecule has 78 valence electrons. The number of hydrogen-bond donors (Lipinski definition) is 1. The average molecular weight is 206 g/mol. The largest absolute Gasteiger partial charge is 0.396 e. The highest BCUT2D eigenvalue weighted by Gasteiger charge is 2.09. The third kappa shape index (κ3) is 6.08. The molecule has 0 heterocycles. The molecule has 0 unspecified atom stereocenters. The quantitative estimate of drug-likeness (QED) is 0.507. The predicted molar refractivity (Wildman–Crippen MR) is 58.3 cm³/mol. The zero-order valence-electron chi connectivity index (χ0n) is 8.59. The van der Waals surface area contributed by atoms with Gasteiger partial charge in [0.05, 0.1) is 0 Å². The van der Waals surface area contributed by atoms with E-state index in [-0.39, 0.29) is 6.61 Å². The van der Waals surface area contributed by atoms with Crippen LogP contribution in [0.5, 0.6) is 0 Å². The van der Waals surface area contributed by atoms with Crippen LogP contribution < -0.4 is 0 Å². The summed E-state index contributed by atoms with van der Waals surface area (Å²) in [7, 11) is 0. The molecule has 3 heteroatoms. The number of aliphatic hydroxyl groups is 1. The Balaban J connectivity index is 3.87. The second kappa shape index (κ2) is 7.36. The number of hydrogen-bond acceptors (Lipinski definition) is 2.